The molecular weight excluding hydrogens is 206 g/mol. The summed E-state index contributed by atoms with van der Waals surface area (Å²) >= 11 is 0. The van der Waals surface area contributed by atoms with Gasteiger partial charge in [0.15, 0.2) is 5.60 Å². The summed E-state index contributed by atoms with van der Waals surface area (Å²) in [4.78, 5) is 13.6. The molecule has 1 N–H and O–H groups in total. The minimum atomic E-state index is -0.851. The van der Waals surface area contributed by atoms with Crippen LogP contribution in [0, 0.1) is 0 Å². The van der Waals surface area contributed by atoms with Crippen LogP contribution in [0.5, 0.6) is 0 Å². The van der Waals surface area contributed by atoms with E-state index in [9.17, 15) is 9.90 Å². The van der Waals surface area contributed by atoms with E-state index in [2.05, 4.69) is 4.90 Å². The highest BCUT2D eigenvalue weighted by Crippen LogP contribution is 2.36. The lowest BCUT2D eigenvalue weighted by atomic mass is 9.93. The van der Waals surface area contributed by atoms with Gasteiger partial charge < -0.3 is 14.7 Å². The van der Waals surface area contributed by atoms with Crippen molar-refractivity contribution in [3.8, 4) is 0 Å². The lowest BCUT2D eigenvalue weighted by Crippen LogP contribution is -2.46. The second kappa shape index (κ2) is 4.09. The second-order valence-corrected chi connectivity index (χ2v) is 4.68. The van der Waals surface area contributed by atoms with Crippen molar-refractivity contribution in [2.75, 3.05) is 13.1 Å². The summed E-state index contributed by atoms with van der Waals surface area (Å²) < 4.78 is 5.30. The molecule has 4 nitrogen and oxygen atoms in total. The number of likely N-dealkylation sites (tertiary alicyclic amines) is 1. The van der Waals surface area contributed by atoms with Gasteiger partial charge in [-0.15, -0.1) is 0 Å². The average Bonchev–Trinajstić information content (AvgIpc) is 2.85. The fourth-order valence-electron chi connectivity index (χ4n) is 2.54. The summed E-state index contributed by atoms with van der Waals surface area (Å²) in [5, 5.41) is 10.0. The Hall–Kier alpha value is -1.03. The van der Waals surface area contributed by atoms with Crippen molar-refractivity contribution in [2.24, 2.45) is 0 Å². The Labute approximate surface area is 95.9 Å². The molecule has 2 atom stereocenters. The quantitative estimate of drug-likeness (QED) is 0.729. The fourth-order valence-corrected chi connectivity index (χ4v) is 2.54. The van der Waals surface area contributed by atoms with E-state index < -0.39 is 11.7 Å². The molecule has 0 radical (unpaired) electrons. The first-order valence-corrected chi connectivity index (χ1v) is 5.96. The van der Waals surface area contributed by atoms with E-state index in [4.69, 9.17) is 4.74 Å². The van der Waals surface area contributed by atoms with Crippen molar-refractivity contribution >= 4 is 5.97 Å². The third-order valence-corrected chi connectivity index (χ3v) is 3.55. The molecule has 0 aromatic heterocycles. The Bertz CT molecular complexity index is 320. The first-order chi connectivity index (χ1) is 7.58. The fraction of sp³-hybridized carbons (Fsp3) is 0.750. The minimum Gasteiger partial charge on any atom is -0.447 e. The SMILES string of the molecule is CC[C@H](O)[C@@]1(C)OC(=O)C=C1N1CCCC1. The topological polar surface area (TPSA) is 49.8 Å². The molecule has 16 heavy (non-hydrogen) atoms. The third kappa shape index (κ3) is 1.71. The van der Waals surface area contributed by atoms with Gasteiger partial charge in [0.25, 0.3) is 0 Å². The summed E-state index contributed by atoms with van der Waals surface area (Å²) in [7, 11) is 0. The molecule has 1 fully saturated rings. The molecule has 90 valence electrons. The number of ether oxygens (including phenoxy) is 1. The number of hydrogen-bond donors (Lipinski definition) is 1. The Morgan fingerprint density at radius 3 is 2.75 bits per heavy atom. The number of esters is 1. The van der Waals surface area contributed by atoms with E-state index in [0.29, 0.717) is 6.42 Å². The molecule has 2 rings (SSSR count). The molecule has 0 aromatic rings. The van der Waals surface area contributed by atoms with Gasteiger partial charge in [-0.2, -0.15) is 0 Å². The van der Waals surface area contributed by atoms with Gasteiger partial charge >= 0.3 is 5.97 Å². The molecule has 0 bridgehead atoms. The summed E-state index contributed by atoms with van der Waals surface area (Å²) in [6.07, 6.45) is 3.76. The number of carbonyl (C=O) groups is 1. The van der Waals surface area contributed by atoms with Gasteiger partial charge in [0.05, 0.1) is 11.8 Å². The highest BCUT2D eigenvalue weighted by molar-refractivity contribution is 5.86. The second-order valence-electron chi connectivity index (χ2n) is 4.68. The highest BCUT2D eigenvalue weighted by atomic mass is 16.6. The summed E-state index contributed by atoms with van der Waals surface area (Å²) in [5.41, 5.74) is 0.000231. The Morgan fingerprint density at radius 2 is 2.19 bits per heavy atom. The number of cyclic esters (lactones) is 1. The third-order valence-electron chi connectivity index (χ3n) is 3.55. The largest absolute Gasteiger partial charge is 0.447 e. The molecular formula is C12H19NO3. The van der Waals surface area contributed by atoms with E-state index in [-0.39, 0.29) is 5.97 Å². The van der Waals surface area contributed by atoms with Crippen LogP contribution >= 0.6 is 0 Å². The van der Waals surface area contributed by atoms with E-state index in [1.54, 1.807) is 6.92 Å². The van der Waals surface area contributed by atoms with Crippen molar-refractivity contribution in [1.29, 1.82) is 0 Å². The lowest BCUT2D eigenvalue weighted by Gasteiger charge is -2.35. The van der Waals surface area contributed by atoms with Crippen molar-refractivity contribution in [3.63, 3.8) is 0 Å². The van der Waals surface area contributed by atoms with E-state index >= 15 is 0 Å². The van der Waals surface area contributed by atoms with Crippen molar-refractivity contribution in [1.82, 2.24) is 4.90 Å². The van der Waals surface area contributed by atoms with Crippen LogP contribution in [-0.4, -0.2) is 40.8 Å². The highest BCUT2D eigenvalue weighted by Gasteiger charge is 2.46. The maximum Gasteiger partial charge on any atom is 0.333 e. The van der Waals surface area contributed by atoms with Gasteiger partial charge in [0.2, 0.25) is 0 Å². The van der Waals surface area contributed by atoms with Gasteiger partial charge in [0.1, 0.15) is 0 Å². The molecule has 0 amide bonds. The first kappa shape index (κ1) is 11.5. The number of aliphatic hydroxyl groups is 1. The summed E-state index contributed by atoms with van der Waals surface area (Å²) in [6, 6.07) is 0. The maximum absolute atomic E-state index is 11.4. The van der Waals surface area contributed by atoms with Crippen molar-refractivity contribution in [3.05, 3.63) is 11.8 Å². The van der Waals surface area contributed by atoms with Gasteiger partial charge in [-0.1, -0.05) is 6.92 Å². The van der Waals surface area contributed by atoms with E-state index in [1.807, 2.05) is 6.92 Å². The van der Waals surface area contributed by atoms with Crippen LogP contribution < -0.4 is 0 Å². The molecule has 2 heterocycles. The van der Waals surface area contributed by atoms with Crippen molar-refractivity contribution in [2.45, 2.75) is 44.8 Å². The number of hydrogen-bond acceptors (Lipinski definition) is 4. The van der Waals surface area contributed by atoms with Crippen LogP contribution in [0.25, 0.3) is 0 Å². The van der Waals surface area contributed by atoms with Crippen LogP contribution in [0.15, 0.2) is 11.8 Å². The number of nitrogens with zero attached hydrogens (tertiary/aromatic N) is 1. The zero-order valence-corrected chi connectivity index (χ0v) is 9.90. The predicted octanol–water partition coefficient (Wildman–Crippen LogP) is 1.05. The summed E-state index contributed by atoms with van der Waals surface area (Å²) in [5.74, 6) is -0.336. The molecule has 0 aliphatic carbocycles. The zero-order chi connectivity index (χ0) is 11.8. The molecule has 0 unspecified atom stereocenters. The van der Waals surface area contributed by atoms with Crippen molar-refractivity contribution < 1.29 is 14.6 Å². The Kier molecular flexibility index (Phi) is 2.93. The molecule has 4 heteroatoms. The number of aliphatic hydroxyl groups excluding tert-OH is 1. The minimum absolute atomic E-state index is 0.336. The maximum atomic E-state index is 11.4. The normalized spacial score (nSPS) is 31.6. The first-order valence-electron chi connectivity index (χ1n) is 5.96. The van der Waals surface area contributed by atoms with Crippen LogP contribution in [-0.2, 0) is 9.53 Å². The molecule has 0 aromatic carbocycles. The van der Waals surface area contributed by atoms with E-state index in [1.165, 1.54) is 6.08 Å². The standard InChI is InChI=1S/C12H19NO3/c1-3-10(14)12(2)9(8-11(15)16-12)13-6-4-5-7-13/h8,10,14H,3-7H2,1-2H3/t10-,12-/m0/s1. The molecule has 0 spiro atoms. The smallest absolute Gasteiger partial charge is 0.333 e. The monoisotopic (exact) mass is 225 g/mol. The Balaban J connectivity index is 2.25. The van der Waals surface area contributed by atoms with Gasteiger partial charge in [0, 0.05) is 19.2 Å². The predicted molar refractivity (Wildman–Crippen MR) is 59.7 cm³/mol. The summed E-state index contributed by atoms with van der Waals surface area (Å²) in [6.45, 7) is 5.60. The number of carbonyl (C=O) groups excluding carboxylic acids is 1. The van der Waals surface area contributed by atoms with Crippen LogP contribution in [0.3, 0.4) is 0 Å². The zero-order valence-electron chi connectivity index (χ0n) is 9.90. The average molecular weight is 225 g/mol. The van der Waals surface area contributed by atoms with Crippen LogP contribution in [0.1, 0.15) is 33.1 Å². The van der Waals surface area contributed by atoms with Gasteiger partial charge in [-0.25, -0.2) is 4.79 Å². The van der Waals surface area contributed by atoms with E-state index in [0.717, 1.165) is 31.6 Å². The molecule has 2 aliphatic heterocycles. The van der Waals surface area contributed by atoms with Crippen LogP contribution in [0.2, 0.25) is 0 Å². The molecule has 1 saturated heterocycles. The molecule has 0 saturated carbocycles. The lowest BCUT2D eigenvalue weighted by molar-refractivity contribution is -0.155. The molecule has 2 aliphatic rings. The van der Waals surface area contributed by atoms with Gasteiger partial charge in [-0.3, -0.25) is 0 Å². The Morgan fingerprint density at radius 1 is 1.56 bits per heavy atom. The number of rotatable bonds is 3. The van der Waals surface area contributed by atoms with Crippen LogP contribution in [0.4, 0.5) is 0 Å². The van der Waals surface area contributed by atoms with Gasteiger partial charge in [-0.05, 0) is 26.2 Å².